The Kier molecular flexibility index (Phi) is 12.9. The van der Waals surface area contributed by atoms with Crippen molar-refractivity contribution < 1.29 is 14.3 Å². The fourth-order valence-corrected chi connectivity index (χ4v) is 4.24. The molecule has 1 aromatic carbocycles. The lowest BCUT2D eigenvalue weighted by molar-refractivity contribution is -0.137. The summed E-state index contributed by atoms with van der Waals surface area (Å²) in [6, 6.07) is 5.87. The van der Waals surface area contributed by atoms with E-state index >= 15 is 0 Å². The van der Waals surface area contributed by atoms with Crippen LogP contribution in [0.15, 0.2) is 30.3 Å². The molecule has 0 radical (unpaired) electrons. The Hall–Kier alpha value is -0.683. The van der Waals surface area contributed by atoms with Gasteiger partial charge in [-0.05, 0) is 42.7 Å². The van der Waals surface area contributed by atoms with Crippen molar-refractivity contribution in [1.82, 2.24) is 0 Å². The van der Waals surface area contributed by atoms with Gasteiger partial charge in [-0.3, -0.25) is 0 Å². The smallest absolute Gasteiger partial charge is 0.341 e. The fraction of sp³-hybridized carbons (Fsp3) is 0.550. The molecule has 3 nitrogen and oxygen atoms in total. The summed E-state index contributed by atoms with van der Waals surface area (Å²) >= 11 is 17.5. The maximum absolute atomic E-state index is 11.7. The Morgan fingerprint density at radius 3 is 2.30 bits per heavy atom. The van der Waals surface area contributed by atoms with Gasteiger partial charge >= 0.3 is 12.0 Å². The molecule has 0 aliphatic carbocycles. The Bertz CT molecular complexity index is 557. The first-order valence-electron chi connectivity index (χ1n) is 9.55. The number of ether oxygens (including phenoxy) is 2. The van der Waals surface area contributed by atoms with Crippen LogP contribution in [0.2, 0.25) is 6.04 Å². The van der Waals surface area contributed by atoms with Crippen LogP contribution in [0.3, 0.4) is 0 Å². The highest BCUT2D eigenvalue weighted by Crippen LogP contribution is 2.27. The van der Waals surface area contributed by atoms with E-state index in [1.54, 1.807) is 6.08 Å². The van der Waals surface area contributed by atoms with Gasteiger partial charge in [0, 0.05) is 6.08 Å². The van der Waals surface area contributed by atoms with Crippen LogP contribution in [-0.2, 0) is 9.53 Å². The van der Waals surface area contributed by atoms with E-state index in [0.29, 0.717) is 12.7 Å². The predicted molar refractivity (Wildman–Crippen MR) is 118 cm³/mol. The van der Waals surface area contributed by atoms with Gasteiger partial charge in [0.2, 0.25) is 0 Å². The van der Waals surface area contributed by atoms with Crippen molar-refractivity contribution in [3.63, 3.8) is 0 Å². The molecule has 0 spiro atoms. The van der Waals surface area contributed by atoms with Gasteiger partial charge in [0.05, 0.1) is 13.2 Å². The van der Waals surface area contributed by atoms with Crippen LogP contribution < -0.4 is 4.74 Å². The minimum atomic E-state index is -2.49. The molecule has 0 saturated carbocycles. The van der Waals surface area contributed by atoms with Crippen molar-refractivity contribution in [1.29, 1.82) is 0 Å². The normalized spacial score (nSPS) is 11.7. The van der Waals surface area contributed by atoms with Crippen LogP contribution in [0.25, 0.3) is 6.08 Å². The van der Waals surface area contributed by atoms with Crippen molar-refractivity contribution in [2.24, 2.45) is 0 Å². The third-order valence-electron chi connectivity index (χ3n) is 3.91. The third-order valence-corrected chi connectivity index (χ3v) is 6.53. The van der Waals surface area contributed by atoms with E-state index < -0.39 is 6.00 Å². The molecule has 0 aromatic heterocycles. The summed E-state index contributed by atoms with van der Waals surface area (Å²) in [5.74, 6) is 0.520. The molecule has 0 unspecified atom stereocenters. The number of carbonyl (C=O) groups excluding carboxylic acids is 1. The summed E-state index contributed by atoms with van der Waals surface area (Å²) in [4.78, 5) is 11.7. The molecule has 7 heteroatoms. The van der Waals surface area contributed by atoms with E-state index in [2.05, 4.69) is 6.92 Å². The second-order valence-corrected chi connectivity index (χ2v) is 15.7. The molecule has 0 aliphatic heterocycles. The van der Waals surface area contributed by atoms with Crippen LogP contribution in [-0.4, -0.2) is 25.2 Å². The highest BCUT2D eigenvalue weighted by Gasteiger charge is 2.23. The van der Waals surface area contributed by atoms with E-state index in [0.717, 1.165) is 50.0 Å². The van der Waals surface area contributed by atoms with Crippen LogP contribution in [0, 0.1) is 0 Å². The number of hydrogen-bond acceptors (Lipinski definition) is 3. The molecule has 1 rings (SSSR count). The molecule has 0 heterocycles. The minimum Gasteiger partial charge on any atom is -0.494 e. The molecule has 0 bridgehead atoms. The largest absolute Gasteiger partial charge is 0.494 e. The number of unbranched alkanes of at least 4 members (excludes halogenated alkanes) is 5. The Morgan fingerprint density at radius 2 is 1.63 bits per heavy atom. The quantitative estimate of drug-likeness (QED) is 0.100. The van der Waals surface area contributed by atoms with E-state index in [-0.39, 0.29) is 5.97 Å². The molecular weight excluding hydrogens is 423 g/mol. The Balaban J connectivity index is 2.16. The summed E-state index contributed by atoms with van der Waals surface area (Å²) in [6.45, 7) is 3.32. The van der Waals surface area contributed by atoms with Crippen molar-refractivity contribution in [2.75, 3.05) is 13.2 Å². The molecule has 0 saturated heterocycles. The Labute approximate surface area is 178 Å². The van der Waals surface area contributed by atoms with Gasteiger partial charge < -0.3 is 9.47 Å². The third kappa shape index (κ3) is 14.0. The zero-order valence-corrected chi connectivity index (χ0v) is 19.2. The molecular formula is C20H29Cl3O3Si. The van der Waals surface area contributed by atoms with Crippen molar-refractivity contribution in [3.05, 3.63) is 35.9 Å². The van der Waals surface area contributed by atoms with Gasteiger partial charge in [0.15, 0.2) is 0 Å². The van der Waals surface area contributed by atoms with Gasteiger partial charge in [0.1, 0.15) is 5.75 Å². The van der Waals surface area contributed by atoms with Crippen LogP contribution in [0.5, 0.6) is 5.75 Å². The van der Waals surface area contributed by atoms with Gasteiger partial charge in [-0.25, -0.2) is 4.79 Å². The number of rotatable bonds is 14. The minimum absolute atomic E-state index is 0.330. The summed E-state index contributed by atoms with van der Waals surface area (Å²) < 4.78 is 10.9. The summed E-state index contributed by atoms with van der Waals surface area (Å²) in [6.07, 6.45) is 10.3. The average molecular weight is 452 g/mol. The van der Waals surface area contributed by atoms with E-state index in [1.165, 1.54) is 18.9 Å². The fourth-order valence-electron chi connectivity index (χ4n) is 2.38. The summed E-state index contributed by atoms with van der Waals surface area (Å²) in [5.41, 5.74) is 0.934. The molecule has 0 atom stereocenters. The number of hydrogen-bond donors (Lipinski definition) is 0. The van der Waals surface area contributed by atoms with Gasteiger partial charge in [-0.1, -0.05) is 51.2 Å². The zero-order valence-electron chi connectivity index (χ0n) is 15.9. The number of benzene rings is 1. The van der Waals surface area contributed by atoms with E-state index in [1.807, 2.05) is 24.3 Å². The van der Waals surface area contributed by atoms with Crippen LogP contribution in [0.4, 0.5) is 0 Å². The summed E-state index contributed by atoms with van der Waals surface area (Å²) in [7, 11) is 0. The molecule has 0 N–H and O–H groups in total. The molecule has 152 valence electrons. The molecule has 27 heavy (non-hydrogen) atoms. The number of carbonyl (C=O) groups is 1. The van der Waals surface area contributed by atoms with Gasteiger partial charge in [-0.15, -0.1) is 33.2 Å². The zero-order chi connectivity index (χ0) is 20.0. The first-order chi connectivity index (χ1) is 12.9. The summed E-state index contributed by atoms with van der Waals surface area (Å²) in [5, 5.41) is 0. The van der Waals surface area contributed by atoms with Crippen LogP contribution in [0.1, 0.15) is 57.4 Å². The number of esters is 1. The van der Waals surface area contributed by atoms with Crippen molar-refractivity contribution in [2.45, 2.75) is 57.9 Å². The Morgan fingerprint density at radius 1 is 0.963 bits per heavy atom. The second-order valence-electron chi connectivity index (χ2n) is 6.40. The standard InChI is InChI=1S/C20H29Cl3O3Si/c1-2-3-6-15-25-19-12-9-18(10-13-19)11-14-20(24)26-16-7-4-5-8-17-27(21,22)23/h9-14H,2-8,15-17H2,1H3/b14-11+. The highest BCUT2D eigenvalue weighted by atomic mass is 35.8. The maximum atomic E-state index is 11.7. The van der Waals surface area contributed by atoms with Crippen molar-refractivity contribution >= 4 is 51.3 Å². The van der Waals surface area contributed by atoms with Crippen LogP contribution >= 0.6 is 33.2 Å². The molecule has 0 fully saturated rings. The lowest BCUT2D eigenvalue weighted by atomic mass is 10.2. The van der Waals surface area contributed by atoms with E-state index in [4.69, 9.17) is 42.7 Å². The van der Waals surface area contributed by atoms with Gasteiger partial charge in [-0.2, -0.15) is 0 Å². The molecule has 0 aliphatic rings. The second kappa shape index (κ2) is 14.3. The van der Waals surface area contributed by atoms with Gasteiger partial charge in [0.25, 0.3) is 0 Å². The number of halogens is 3. The predicted octanol–water partition coefficient (Wildman–Crippen LogP) is 7.03. The van der Waals surface area contributed by atoms with E-state index in [9.17, 15) is 4.79 Å². The first kappa shape index (κ1) is 24.4. The average Bonchev–Trinajstić information content (AvgIpc) is 2.63. The lowest BCUT2D eigenvalue weighted by Gasteiger charge is -2.07. The monoisotopic (exact) mass is 450 g/mol. The lowest BCUT2D eigenvalue weighted by Crippen LogP contribution is -2.07. The molecule has 0 amide bonds. The SMILES string of the molecule is CCCCCOc1ccc(/C=C/C(=O)OCCCCCC[Si](Cl)(Cl)Cl)cc1. The molecule has 1 aromatic rings. The highest BCUT2D eigenvalue weighted by molar-refractivity contribution is 7.64. The van der Waals surface area contributed by atoms with Crippen molar-refractivity contribution in [3.8, 4) is 5.75 Å². The topological polar surface area (TPSA) is 35.5 Å². The maximum Gasteiger partial charge on any atom is 0.341 e. The first-order valence-corrected chi connectivity index (χ1v) is 14.8.